The van der Waals surface area contributed by atoms with Crippen molar-refractivity contribution in [3.8, 4) is 6.07 Å². The second kappa shape index (κ2) is 3.67. The standard InChI is InChI=1S/C10H4INOS/c11-9-1-6(4-12)2-10-8(9)3-7(5-13)14-10/h1-3,5H. The van der Waals surface area contributed by atoms with Gasteiger partial charge in [0.25, 0.3) is 0 Å². The number of thiophene rings is 1. The molecular formula is C10H4INOS. The van der Waals surface area contributed by atoms with E-state index in [-0.39, 0.29) is 0 Å². The van der Waals surface area contributed by atoms with Crippen LogP contribution < -0.4 is 0 Å². The van der Waals surface area contributed by atoms with Crippen molar-refractivity contribution in [1.29, 1.82) is 5.26 Å². The Hall–Kier alpha value is -0.930. The topological polar surface area (TPSA) is 40.9 Å². The first-order valence-corrected chi connectivity index (χ1v) is 5.72. The van der Waals surface area contributed by atoms with Gasteiger partial charge in [0.2, 0.25) is 0 Å². The van der Waals surface area contributed by atoms with Crippen molar-refractivity contribution in [2.75, 3.05) is 0 Å². The van der Waals surface area contributed by atoms with Crippen LogP contribution in [-0.4, -0.2) is 6.29 Å². The molecule has 0 bridgehead atoms. The predicted molar refractivity (Wildman–Crippen MR) is 64.6 cm³/mol. The maximum atomic E-state index is 10.6. The fourth-order valence-electron chi connectivity index (χ4n) is 1.24. The molecule has 0 N–H and O–H groups in total. The van der Waals surface area contributed by atoms with E-state index < -0.39 is 0 Å². The minimum absolute atomic E-state index is 0.640. The molecule has 0 saturated carbocycles. The third-order valence-electron chi connectivity index (χ3n) is 1.85. The van der Waals surface area contributed by atoms with Crippen molar-refractivity contribution < 1.29 is 4.79 Å². The van der Waals surface area contributed by atoms with Crippen LogP contribution in [0.25, 0.3) is 10.1 Å². The summed E-state index contributed by atoms with van der Waals surface area (Å²) in [5, 5.41) is 9.82. The molecule has 1 heterocycles. The molecule has 4 heteroatoms. The zero-order valence-electron chi connectivity index (χ0n) is 6.95. The van der Waals surface area contributed by atoms with Crippen molar-refractivity contribution in [2.24, 2.45) is 0 Å². The van der Waals surface area contributed by atoms with Gasteiger partial charge in [0.15, 0.2) is 6.29 Å². The molecule has 68 valence electrons. The lowest BCUT2D eigenvalue weighted by Gasteiger charge is -1.94. The van der Waals surface area contributed by atoms with Crippen LogP contribution in [0, 0.1) is 14.9 Å². The number of nitrogens with zero attached hydrogens (tertiary/aromatic N) is 1. The number of carbonyl (C=O) groups excluding carboxylic acids is 1. The van der Waals surface area contributed by atoms with E-state index in [1.54, 1.807) is 0 Å². The summed E-state index contributed by atoms with van der Waals surface area (Å²) >= 11 is 3.59. The number of rotatable bonds is 1. The Morgan fingerprint density at radius 1 is 1.43 bits per heavy atom. The molecular weight excluding hydrogens is 309 g/mol. The van der Waals surface area contributed by atoms with Gasteiger partial charge in [-0.1, -0.05) is 0 Å². The van der Waals surface area contributed by atoms with Gasteiger partial charge in [-0.25, -0.2) is 0 Å². The highest BCUT2D eigenvalue weighted by Gasteiger charge is 2.06. The molecule has 2 aromatic rings. The molecule has 0 atom stereocenters. The molecule has 0 aliphatic carbocycles. The Kier molecular flexibility index (Phi) is 2.52. The predicted octanol–water partition coefficient (Wildman–Crippen LogP) is 3.19. The third-order valence-corrected chi connectivity index (χ3v) is 3.75. The van der Waals surface area contributed by atoms with Crippen LogP contribution in [0.3, 0.4) is 0 Å². The van der Waals surface area contributed by atoms with Gasteiger partial charge in [-0.3, -0.25) is 4.79 Å². The second-order valence-corrected chi connectivity index (χ2v) is 5.03. The van der Waals surface area contributed by atoms with Crippen molar-refractivity contribution in [2.45, 2.75) is 0 Å². The molecule has 0 amide bonds. The van der Waals surface area contributed by atoms with E-state index in [0.29, 0.717) is 10.4 Å². The zero-order chi connectivity index (χ0) is 10.1. The number of fused-ring (bicyclic) bond motifs is 1. The number of aldehydes is 1. The fourth-order valence-corrected chi connectivity index (χ4v) is 3.15. The van der Waals surface area contributed by atoms with Gasteiger partial charge in [0.05, 0.1) is 16.5 Å². The summed E-state index contributed by atoms with van der Waals surface area (Å²) in [5.41, 5.74) is 0.640. The van der Waals surface area contributed by atoms with Gasteiger partial charge >= 0.3 is 0 Å². The Morgan fingerprint density at radius 3 is 2.86 bits per heavy atom. The summed E-state index contributed by atoms with van der Waals surface area (Å²) in [7, 11) is 0. The van der Waals surface area contributed by atoms with Gasteiger partial charge in [-0.15, -0.1) is 11.3 Å². The number of nitriles is 1. The summed E-state index contributed by atoms with van der Waals surface area (Å²) in [6, 6.07) is 7.60. The van der Waals surface area contributed by atoms with Crippen LogP contribution in [0.15, 0.2) is 18.2 Å². The number of carbonyl (C=O) groups is 1. The fraction of sp³-hybridized carbons (Fsp3) is 0. The van der Waals surface area contributed by atoms with Crippen LogP contribution in [0.5, 0.6) is 0 Å². The van der Waals surface area contributed by atoms with Crippen LogP contribution >= 0.6 is 33.9 Å². The number of hydrogen-bond donors (Lipinski definition) is 0. The molecule has 0 aliphatic heterocycles. The highest BCUT2D eigenvalue weighted by molar-refractivity contribution is 14.1. The van der Waals surface area contributed by atoms with E-state index in [4.69, 9.17) is 5.26 Å². The molecule has 2 nitrogen and oxygen atoms in total. The van der Waals surface area contributed by atoms with Gasteiger partial charge in [-0.2, -0.15) is 5.26 Å². The summed E-state index contributed by atoms with van der Waals surface area (Å²) in [6.45, 7) is 0. The molecule has 1 aromatic carbocycles. The first-order valence-electron chi connectivity index (χ1n) is 3.83. The first-order chi connectivity index (χ1) is 6.74. The van der Waals surface area contributed by atoms with E-state index in [1.165, 1.54) is 11.3 Å². The first kappa shape index (κ1) is 9.62. The average Bonchev–Trinajstić information content (AvgIpc) is 2.61. The van der Waals surface area contributed by atoms with Gasteiger partial charge in [-0.05, 0) is 40.8 Å². The molecule has 2 rings (SSSR count). The number of halogens is 1. The summed E-state index contributed by atoms with van der Waals surface area (Å²) in [5.74, 6) is 0. The quantitative estimate of drug-likeness (QED) is 0.599. The number of benzene rings is 1. The average molecular weight is 313 g/mol. The highest BCUT2D eigenvalue weighted by atomic mass is 127. The van der Waals surface area contributed by atoms with Crippen LogP contribution in [0.1, 0.15) is 15.2 Å². The van der Waals surface area contributed by atoms with E-state index in [0.717, 1.165) is 19.9 Å². The Labute approximate surface area is 98.3 Å². The molecule has 0 saturated heterocycles. The van der Waals surface area contributed by atoms with E-state index >= 15 is 0 Å². The van der Waals surface area contributed by atoms with Gasteiger partial charge in [0.1, 0.15) is 0 Å². The molecule has 1 aromatic heterocycles. The third kappa shape index (κ3) is 1.53. The Balaban J connectivity index is 2.81. The lowest BCUT2D eigenvalue weighted by Crippen LogP contribution is -1.76. The van der Waals surface area contributed by atoms with Crippen molar-refractivity contribution in [1.82, 2.24) is 0 Å². The minimum atomic E-state index is 0.640. The Morgan fingerprint density at radius 2 is 2.21 bits per heavy atom. The van der Waals surface area contributed by atoms with E-state index in [1.807, 2.05) is 18.2 Å². The minimum Gasteiger partial charge on any atom is -0.297 e. The lowest BCUT2D eigenvalue weighted by molar-refractivity contribution is 0.112. The molecule has 0 unspecified atom stereocenters. The largest absolute Gasteiger partial charge is 0.297 e. The van der Waals surface area contributed by atoms with Crippen molar-refractivity contribution >= 4 is 50.3 Å². The summed E-state index contributed by atoms with van der Waals surface area (Å²) in [6.07, 6.45) is 0.840. The Bertz CT molecular complexity index is 553. The van der Waals surface area contributed by atoms with Gasteiger partial charge in [0, 0.05) is 13.7 Å². The maximum absolute atomic E-state index is 10.6. The zero-order valence-corrected chi connectivity index (χ0v) is 9.93. The molecule has 0 fully saturated rings. The normalized spacial score (nSPS) is 10.0. The van der Waals surface area contributed by atoms with Crippen LogP contribution in [-0.2, 0) is 0 Å². The van der Waals surface area contributed by atoms with Crippen molar-refractivity contribution in [3.05, 3.63) is 32.2 Å². The van der Waals surface area contributed by atoms with Gasteiger partial charge < -0.3 is 0 Å². The molecule has 0 radical (unpaired) electrons. The summed E-state index contributed by atoms with van der Waals surface area (Å²) < 4.78 is 2.01. The maximum Gasteiger partial charge on any atom is 0.160 e. The SMILES string of the molecule is N#Cc1cc(I)c2cc(C=O)sc2c1. The molecule has 14 heavy (non-hydrogen) atoms. The van der Waals surface area contributed by atoms with Crippen molar-refractivity contribution in [3.63, 3.8) is 0 Å². The lowest BCUT2D eigenvalue weighted by atomic mass is 10.2. The number of hydrogen-bond acceptors (Lipinski definition) is 3. The summed E-state index contributed by atoms with van der Waals surface area (Å²) in [4.78, 5) is 11.3. The molecule has 0 aliphatic rings. The van der Waals surface area contributed by atoms with E-state index in [9.17, 15) is 4.79 Å². The smallest absolute Gasteiger partial charge is 0.160 e. The van der Waals surface area contributed by atoms with Crippen LogP contribution in [0.4, 0.5) is 0 Å². The van der Waals surface area contributed by atoms with Crippen LogP contribution in [0.2, 0.25) is 0 Å². The van der Waals surface area contributed by atoms with E-state index in [2.05, 4.69) is 28.7 Å². The highest BCUT2D eigenvalue weighted by Crippen LogP contribution is 2.29. The second-order valence-electron chi connectivity index (χ2n) is 2.75. The monoisotopic (exact) mass is 313 g/mol. The molecule has 0 spiro atoms.